The Hall–Kier alpha value is -2.39. The van der Waals surface area contributed by atoms with E-state index in [9.17, 15) is 13.2 Å². The van der Waals surface area contributed by atoms with Gasteiger partial charge in [-0.2, -0.15) is 5.10 Å². The highest BCUT2D eigenvalue weighted by Gasteiger charge is 2.29. The fourth-order valence-electron chi connectivity index (χ4n) is 3.55. The number of aromatic nitrogens is 2. The van der Waals surface area contributed by atoms with E-state index in [0.717, 1.165) is 5.75 Å². The number of para-hydroxylation sites is 1. The van der Waals surface area contributed by atoms with E-state index >= 15 is 0 Å². The molecule has 0 radical (unpaired) electrons. The summed E-state index contributed by atoms with van der Waals surface area (Å²) in [5.41, 5.74) is 0.987. The molecule has 0 unspecified atom stereocenters. The Labute approximate surface area is 171 Å². The first-order valence-corrected chi connectivity index (χ1v) is 11.3. The number of piperidine rings is 1. The molecule has 2 heterocycles. The predicted octanol–water partition coefficient (Wildman–Crippen LogP) is 2.16. The van der Waals surface area contributed by atoms with E-state index in [4.69, 9.17) is 4.74 Å². The lowest BCUT2D eigenvalue weighted by molar-refractivity contribution is -0.132. The first-order chi connectivity index (χ1) is 13.9. The van der Waals surface area contributed by atoms with Crippen LogP contribution in [0.15, 0.2) is 35.2 Å². The van der Waals surface area contributed by atoms with Gasteiger partial charge >= 0.3 is 0 Å². The summed E-state index contributed by atoms with van der Waals surface area (Å²) in [6.07, 6.45) is 2.28. The quantitative estimate of drug-likeness (QED) is 0.637. The van der Waals surface area contributed by atoms with Crippen molar-refractivity contribution in [2.45, 2.75) is 50.5 Å². The van der Waals surface area contributed by atoms with Gasteiger partial charge in [-0.05, 0) is 45.2 Å². The Bertz CT molecular complexity index is 900. The molecular formula is C20H28N4O4S. The van der Waals surface area contributed by atoms with Gasteiger partial charge in [-0.25, -0.2) is 13.1 Å². The van der Waals surface area contributed by atoms with Crippen LogP contribution in [0.1, 0.15) is 37.1 Å². The molecule has 1 aliphatic rings. The number of hydrogen-bond donors (Lipinski definition) is 2. The zero-order valence-electron chi connectivity index (χ0n) is 16.8. The average Bonchev–Trinajstić information content (AvgIpc) is 3.05. The Kier molecular flexibility index (Phi) is 6.92. The number of benzene rings is 1. The zero-order valence-corrected chi connectivity index (χ0v) is 17.7. The second-order valence-electron chi connectivity index (χ2n) is 7.30. The van der Waals surface area contributed by atoms with Crippen molar-refractivity contribution < 1.29 is 17.9 Å². The predicted molar refractivity (Wildman–Crippen MR) is 109 cm³/mol. The van der Waals surface area contributed by atoms with Gasteiger partial charge in [0.15, 0.2) is 0 Å². The van der Waals surface area contributed by atoms with Crippen molar-refractivity contribution in [1.29, 1.82) is 0 Å². The van der Waals surface area contributed by atoms with Gasteiger partial charge in [-0.15, -0.1) is 0 Å². The number of H-pyrrole nitrogens is 1. The van der Waals surface area contributed by atoms with E-state index in [1.807, 2.05) is 35.2 Å². The molecule has 1 fully saturated rings. The minimum atomic E-state index is -3.62. The normalized spacial score (nSPS) is 15.4. The van der Waals surface area contributed by atoms with Gasteiger partial charge in [-0.1, -0.05) is 18.2 Å². The van der Waals surface area contributed by atoms with Crippen LogP contribution in [0.25, 0.3) is 0 Å². The maximum Gasteiger partial charge on any atom is 0.244 e. The summed E-state index contributed by atoms with van der Waals surface area (Å²) in [7, 11) is -3.62. The van der Waals surface area contributed by atoms with Crippen molar-refractivity contribution in [3.63, 3.8) is 0 Å². The molecule has 2 aromatic rings. The Morgan fingerprint density at radius 2 is 1.93 bits per heavy atom. The third-order valence-corrected chi connectivity index (χ3v) is 6.83. The molecule has 0 bridgehead atoms. The van der Waals surface area contributed by atoms with Crippen LogP contribution in [0.2, 0.25) is 0 Å². The lowest BCUT2D eigenvalue weighted by Gasteiger charge is -2.32. The summed E-state index contributed by atoms with van der Waals surface area (Å²) in [6, 6.07) is 9.35. The lowest BCUT2D eigenvalue weighted by atomic mass is 10.1. The molecule has 0 spiro atoms. The van der Waals surface area contributed by atoms with Crippen LogP contribution in [0, 0.1) is 13.8 Å². The van der Waals surface area contributed by atoms with Gasteiger partial charge in [-0.3, -0.25) is 9.89 Å². The number of carbonyl (C=O) groups excluding carboxylic acids is 1. The SMILES string of the molecule is Cc1n[nH]c(C)c1S(=O)(=O)NC1CCN(C(=O)CCCOc2ccccc2)CC1. The molecule has 8 nitrogen and oxygen atoms in total. The molecule has 2 N–H and O–H groups in total. The van der Waals surface area contributed by atoms with Gasteiger partial charge in [0, 0.05) is 25.6 Å². The van der Waals surface area contributed by atoms with E-state index in [1.54, 1.807) is 13.8 Å². The first-order valence-electron chi connectivity index (χ1n) is 9.86. The number of ether oxygens (including phenoxy) is 1. The summed E-state index contributed by atoms with van der Waals surface area (Å²) < 4.78 is 33.7. The highest BCUT2D eigenvalue weighted by atomic mass is 32.2. The molecular weight excluding hydrogens is 392 g/mol. The van der Waals surface area contributed by atoms with Crippen LogP contribution in [-0.4, -0.2) is 55.2 Å². The molecule has 0 aliphatic carbocycles. The highest BCUT2D eigenvalue weighted by molar-refractivity contribution is 7.89. The fraction of sp³-hybridized carbons (Fsp3) is 0.500. The smallest absolute Gasteiger partial charge is 0.244 e. The van der Waals surface area contributed by atoms with Gasteiger partial charge in [0.2, 0.25) is 15.9 Å². The van der Waals surface area contributed by atoms with Gasteiger partial charge < -0.3 is 9.64 Å². The van der Waals surface area contributed by atoms with Gasteiger partial charge in [0.05, 0.1) is 18.0 Å². The van der Waals surface area contributed by atoms with Crippen LogP contribution < -0.4 is 9.46 Å². The lowest BCUT2D eigenvalue weighted by Crippen LogP contribution is -2.46. The van der Waals surface area contributed by atoms with Crippen LogP contribution >= 0.6 is 0 Å². The Morgan fingerprint density at radius 3 is 2.55 bits per heavy atom. The molecule has 1 amide bonds. The molecule has 0 atom stereocenters. The van der Waals surface area contributed by atoms with E-state index in [-0.39, 0.29) is 16.8 Å². The number of amides is 1. The zero-order chi connectivity index (χ0) is 20.9. The minimum Gasteiger partial charge on any atom is -0.494 e. The third-order valence-electron chi connectivity index (χ3n) is 5.05. The van der Waals surface area contributed by atoms with Crippen molar-refractivity contribution in [2.24, 2.45) is 0 Å². The van der Waals surface area contributed by atoms with E-state index < -0.39 is 10.0 Å². The van der Waals surface area contributed by atoms with Crippen LogP contribution in [0.5, 0.6) is 5.75 Å². The number of aromatic amines is 1. The van der Waals surface area contributed by atoms with Crippen LogP contribution in [0.3, 0.4) is 0 Å². The summed E-state index contributed by atoms with van der Waals surface area (Å²) in [5, 5.41) is 6.66. The average molecular weight is 421 g/mol. The number of sulfonamides is 1. The largest absolute Gasteiger partial charge is 0.494 e. The number of carbonyl (C=O) groups is 1. The third kappa shape index (κ3) is 5.57. The summed E-state index contributed by atoms with van der Waals surface area (Å²) in [6.45, 7) is 4.96. The molecule has 1 aliphatic heterocycles. The molecule has 3 rings (SSSR count). The number of hydrogen-bond acceptors (Lipinski definition) is 5. The van der Waals surface area contributed by atoms with Crippen LogP contribution in [0.4, 0.5) is 0 Å². The summed E-state index contributed by atoms with van der Waals surface area (Å²) in [5.74, 6) is 0.889. The number of nitrogens with zero attached hydrogens (tertiary/aromatic N) is 2. The molecule has 29 heavy (non-hydrogen) atoms. The van der Waals surface area contributed by atoms with E-state index in [2.05, 4.69) is 14.9 Å². The fourth-order valence-corrected chi connectivity index (χ4v) is 5.23. The van der Waals surface area contributed by atoms with Crippen molar-refractivity contribution >= 4 is 15.9 Å². The maximum absolute atomic E-state index is 12.6. The second-order valence-corrected chi connectivity index (χ2v) is 8.96. The Balaban J connectivity index is 1.41. The topological polar surface area (TPSA) is 104 Å². The van der Waals surface area contributed by atoms with E-state index in [0.29, 0.717) is 56.8 Å². The monoisotopic (exact) mass is 420 g/mol. The number of aryl methyl sites for hydroxylation is 2. The first kappa shape index (κ1) is 21.3. The second kappa shape index (κ2) is 9.41. The van der Waals surface area contributed by atoms with Crippen molar-refractivity contribution in [1.82, 2.24) is 19.8 Å². The minimum absolute atomic E-state index is 0.0875. The van der Waals surface area contributed by atoms with Gasteiger partial charge in [0.25, 0.3) is 0 Å². The Morgan fingerprint density at radius 1 is 1.24 bits per heavy atom. The molecule has 0 saturated carbocycles. The van der Waals surface area contributed by atoms with Crippen molar-refractivity contribution in [3.8, 4) is 5.75 Å². The molecule has 1 aromatic carbocycles. The standard InChI is InChI=1S/C20H28N4O4S/c1-15-20(16(2)22-21-15)29(26,27)23-17-10-12-24(13-11-17)19(25)9-6-14-28-18-7-4-3-5-8-18/h3-5,7-8,17,23H,6,9-14H2,1-2H3,(H,21,22). The van der Waals surface area contributed by atoms with Crippen LogP contribution in [-0.2, 0) is 14.8 Å². The van der Waals surface area contributed by atoms with Gasteiger partial charge in [0.1, 0.15) is 10.6 Å². The highest BCUT2D eigenvalue weighted by Crippen LogP contribution is 2.20. The number of likely N-dealkylation sites (tertiary alicyclic amines) is 1. The molecule has 9 heteroatoms. The summed E-state index contributed by atoms with van der Waals surface area (Å²) in [4.78, 5) is 14.4. The maximum atomic E-state index is 12.6. The van der Waals surface area contributed by atoms with Crippen molar-refractivity contribution in [3.05, 3.63) is 41.7 Å². The van der Waals surface area contributed by atoms with E-state index in [1.165, 1.54) is 0 Å². The molecule has 1 aromatic heterocycles. The molecule has 158 valence electrons. The number of nitrogens with one attached hydrogen (secondary N) is 2. The van der Waals surface area contributed by atoms with Crippen molar-refractivity contribution in [2.75, 3.05) is 19.7 Å². The number of rotatable bonds is 8. The summed E-state index contributed by atoms with van der Waals surface area (Å²) >= 11 is 0. The molecule has 1 saturated heterocycles.